The van der Waals surface area contributed by atoms with E-state index in [4.69, 9.17) is 9.84 Å². The first-order valence-electron chi connectivity index (χ1n) is 8.87. The van der Waals surface area contributed by atoms with Gasteiger partial charge in [-0.25, -0.2) is 4.79 Å². The first-order valence-corrected chi connectivity index (χ1v) is 8.87. The van der Waals surface area contributed by atoms with Crippen LogP contribution in [0.1, 0.15) is 33.6 Å². The Labute approximate surface area is 144 Å². The zero-order valence-corrected chi connectivity index (χ0v) is 15.2. The van der Waals surface area contributed by atoms with Gasteiger partial charge in [-0.2, -0.15) is 0 Å². The van der Waals surface area contributed by atoms with Crippen LogP contribution in [0.5, 0.6) is 0 Å². The molecular weight excluding hydrogens is 310 g/mol. The summed E-state index contributed by atoms with van der Waals surface area (Å²) < 4.78 is 5.32. The second-order valence-electron chi connectivity index (χ2n) is 7.77. The fourth-order valence-electron chi connectivity index (χ4n) is 3.18. The Balaban J connectivity index is 1.68. The van der Waals surface area contributed by atoms with Crippen LogP contribution in [-0.2, 0) is 9.53 Å². The zero-order valence-electron chi connectivity index (χ0n) is 15.2. The van der Waals surface area contributed by atoms with Gasteiger partial charge in [-0.3, -0.25) is 9.69 Å². The van der Waals surface area contributed by atoms with Crippen molar-refractivity contribution in [3.05, 3.63) is 0 Å². The second-order valence-corrected chi connectivity index (χ2v) is 7.77. The van der Waals surface area contributed by atoms with Crippen molar-refractivity contribution >= 4 is 12.0 Å². The molecule has 0 aromatic rings. The number of carbonyl (C=O) groups is 2. The Kier molecular flexibility index (Phi) is 6.46. The molecule has 0 radical (unpaired) electrons. The van der Waals surface area contributed by atoms with Gasteiger partial charge in [-0.05, 0) is 52.6 Å². The minimum Gasteiger partial charge on any atom is -0.444 e. The number of nitrogens with zero attached hydrogens (tertiary/aromatic N) is 3. The lowest BCUT2D eigenvalue weighted by Gasteiger charge is -2.35. The third kappa shape index (κ3) is 5.63. The van der Waals surface area contributed by atoms with Crippen LogP contribution in [0.2, 0.25) is 0 Å². The summed E-state index contributed by atoms with van der Waals surface area (Å²) in [5.74, 6) is 0.394. The first kappa shape index (κ1) is 19.0. The summed E-state index contributed by atoms with van der Waals surface area (Å²) in [5, 5.41) is 9.17. The summed E-state index contributed by atoms with van der Waals surface area (Å²) in [7, 11) is 0. The van der Waals surface area contributed by atoms with E-state index < -0.39 is 11.7 Å². The average Bonchev–Trinajstić information content (AvgIpc) is 2.95. The minimum absolute atomic E-state index is 0.0123. The van der Waals surface area contributed by atoms with Gasteiger partial charge in [0, 0.05) is 32.8 Å². The third-order valence-corrected chi connectivity index (χ3v) is 4.50. The molecule has 138 valence electrons. The molecule has 2 rings (SSSR count). The van der Waals surface area contributed by atoms with Crippen LogP contribution >= 0.6 is 0 Å². The van der Waals surface area contributed by atoms with Crippen molar-refractivity contribution in [3.8, 4) is 0 Å². The predicted molar refractivity (Wildman–Crippen MR) is 90.6 cm³/mol. The molecule has 0 aliphatic carbocycles. The lowest BCUT2D eigenvalue weighted by molar-refractivity contribution is -0.135. The maximum absolute atomic E-state index is 12.2. The second kappa shape index (κ2) is 8.16. The summed E-state index contributed by atoms with van der Waals surface area (Å²) in [6.07, 6.45) is 1.57. The van der Waals surface area contributed by atoms with Crippen LogP contribution in [0.25, 0.3) is 0 Å². The molecule has 1 unspecified atom stereocenters. The van der Waals surface area contributed by atoms with Crippen molar-refractivity contribution in [2.75, 3.05) is 52.4 Å². The van der Waals surface area contributed by atoms with Gasteiger partial charge in [-0.1, -0.05) is 0 Å². The Morgan fingerprint density at radius 3 is 2.58 bits per heavy atom. The molecule has 2 heterocycles. The van der Waals surface area contributed by atoms with Gasteiger partial charge in [0.15, 0.2) is 0 Å². The third-order valence-electron chi connectivity index (χ3n) is 4.50. The van der Waals surface area contributed by atoms with E-state index in [1.807, 2.05) is 25.7 Å². The molecular formula is C17H31N3O4. The molecule has 0 aromatic heterocycles. The largest absolute Gasteiger partial charge is 0.444 e. The quantitative estimate of drug-likeness (QED) is 0.800. The highest BCUT2D eigenvalue weighted by atomic mass is 16.6. The van der Waals surface area contributed by atoms with Crippen molar-refractivity contribution in [2.24, 2.45) is 5.92 Å². The zero-order chi connectivity index (χ0) is 17.7. The molecule has 2 aliphatic rings. The van der Waals surface area contributed by atoms with E-state index >= 15 is 0 Å². The van der Waals surface area contributed by atoms with Crippen LogP contribution in [0.15, 0.2) is 0 Å². The molecule has 1 N–H and O–H groups in total. The molecule has 24 heavy (non-hydrogen) atoms. The number of rotatable bonds is 5. The number of carbonyl (C=O) groups excluding carboxylic acids is 2. The number of aliphatic hydroxyl groups excluding tert-OH is 1. The number of hydrogen-bond donors (Lipinski definition) is 1. The van der Waals surface area contributed by atoms with E-state index in [0.29, 0.717) is 19.0 Å². The number of piperazine rings is 1. The van der Waals surface area contributed by atoms with Crippen molar-refractivity contribution < 1.29 is 19.4 Å². The van der Waals surface area contributed by atoms with E-state index in [1.54, 1.807) is 0 Å². The fraction of sp³-hybridized carbons (Fsp3) is 0.882. The molecule has 0 saturated carbocycles. The van der Waals surface area contributed by atoms with Gasteiger partial charge >= 0.3 is 6.09 Å². The molecule has 0 bridgehead atoms. The van der Waals surface area contributed by atoms with Gasteiger partial charge in [-0.15, -0.1) is 0 Å². The Morgan fingerprint density at radius 1 is 1.25 bits per heavy atom. The van der Waals surface area contributed by atoms with Gasteiger partial charge in [0.2, 0.25) is 5.91 Å². The molecule has 7 heteroatoms. The summed E-state index contributed by atoms with van der Waals surface area (Å²) in [4.78, 5) is 29.9. The summed E-state index contributed by atoms with van der Waals surface area (Å²) in [6, 6.07) is 0. The van der Waals surface area contributed by atoms with E-state index in [2.05, 4.69) is 4.90 Å². The summed E-state index contributed by atoms with van der Waals surface area (Å²) >= 11 is 0. The summed E-state index contributed by atoms with van der Waals surface area (Å²) in [6.45, 7) is 10.6. The smallest absolute Gasteiger partial charge is 0.410 e. The lowest BCUT2D eigenvalue weighted by Crippen LogP contribution is -2.53. The maximum atomic E-state index is 12.2. The van der Waals surface area contributed by atoms with Crippen molar-refractivity contribution in [2.45, 2.75) is 39.2 Å². The topological polar surface area (TPSA) is 73.3 Å². The molecule has 2 saturated heterocycles. The highest BCUT2D eigenvalue weighted by Crippen LogP contribution is 2.16. The van der Waals surface area contributed by atoms with Gasteiger partial charge < -0.3 is 19.6 Å². The maximum Gasteiger partial charge on any atom is 0.410 e. The van der Waals surface area contributed by atoms with E-state index in [1.165, 1.54) is 4.90 Å². The van der Waals surface area contributed by atoms with E-state index in [0.717, 1.165) is 39.0 Å². The Bertz CT molecular complexity index is 450. The van der Waals surface area contributed by atoms with Gasteiger partial charge in [0.1, 0.15) is 12.1 Å². The summed E-state index contributed by atoms with van der Waals surface area (Å²) in [5.41, 5.74) is -0.542. The van der Waals surface area contributed by atoms with Crippen LogP contribution < -0.4 is 0 Å². The lowest BCUT2D eigenvalue weighted by atomic mass is 10.1. The monoisotopic (exact) mass is 341 g/mol. The van der Waals surface area contributed by atoms with E-state index in [9.17, 15) is 9.59 Å². The molecule has 0 spiro atoms. The SMILES string of the molecule is CC(C)(C)OC(=O)N1CCN(CCCN2CCC(CO)C2)C(=O)C1. The number of likely N-dealkylation sites (tertiary alicyclic amines) is 1. The van der Waals surface area contributed by atoms with Crippen LogP contribution in [-0.4, -0.2) is 89.8 Å². The molecule has 2 aliphatic heterocycles. The number of aliphatic hydroxyl groups is 1. The standard InChI is InChI=1S/C17H31N3O4/c1-17(2,3)24-16(23)20-10-9-19(15(22)12-20)7-4-6-18-8-5-14(11-18)13-21/h14,21H,4-13H2,1-3H3. The fourth-order valence-corrected chi connectivity index (χ4v) is 3.18. The number of ether oxygens (including phenoxy) is 1. The molecule has 2 amide bonds. The van der Waals surface area contributed by atoms with Crippen molar-refractivity contribution in [3.63, 3.8) is 0 Å². The van der Waals surface area contributed by atoms with E-state index in [-0.39, 0.29) is 19.1 Å². The Morgan fingerprint density at radius 2 is 2.00 bits per heavy atom. The number of amides is 2. The number of hydrogen-bond acceptors (Lipinski definition) is 5. The average molecular weight is 341 g/mol. The Hall–Kier alpha value is -1.34. The van der Waals surface area contributed by atoms with Crippen molar-refractivity contribution in [1.82, 2.24) is 14.7 Å². The highest BCUT2D eigenvalue weighted by molar-refractivity contribution is 5.83. The minimum atomic E-state index is -0.542. The van der Waals surface area contributed by atoms with Crippen LogP contribution in [0.3, 0.4) is 0 Å². The first-order chi connectivity index (χ1) is 11.3. The molecule has 1 atom stereocenters. The van der Waals surface area contributed by atoms with Crippen molar-refractivity contribution in [1.29, 1.82) is 0 Å². The highest BCUT2D eigenvalue weighted by Gasteiger charge is 2.30. The van der Waals surface area contributed by atoms with Crippen LogP contribution in [0.4, 0.5) is 4.79 Å². The van der Waals surface area contributed by atoms with Gasteiger partial charge in [0.05, 0.1) is 0 Å². The van der Waals surface area contributed by atoms with Gasteiger partial charge in [0.25, 0.3) is 0 Å². The predicted octanol–water partition coefficient (Wildman–Crippen LogP) is 0.770. The molecule has 2 fully saturated rings. The molecule has 0 aromatic carbocycles. The van der Waals surface area contributed by atoms with Crippen LogP contribution in [0, 0.1) is 5.92 Å². The normalized spacial score (nSPS) is 23.0. The molecule has 7 nitrogen and oxygen atoms in total.